The van der Waals surface area contributed by atoms with Gasteiger partial charge in [-0.05, 0) is 31.9 Å². The second-order valence-electron chi connectivity index (χ2n) is 3.17. The number of aromatic nitrogens is 1. The van der Waals surface area contributed by atoms with Gasteiger partial charge in [-0.1, -0.05) is 18.5 Å². The minimum absolute atomic E-state index is 0.575. The quantitative estimate of drug-likeness (QED) is 0.755. The Bertz CT molecular complexity index is 274. The Kier molecular flexibility index (Phi) is 3.55. The van der Waals surface area contributed by atoms with Crippen LogP contribution in [0.25, 0.3) is 0 Å². The molecule has 0 aliphatic carbocycles. The average molecular weight is 199 g/mol. The van der Waals surface area contributed by atoms with Crippen LogP contribution >= 0.6 is 11.6 Å². The van der Waals surface area contributed by atoms with Crippen molar-refractivity contribution in [3.05, 3.63) is 22.5 Å². The first kappa shape index (κ1) is 10.3. The molecule has 1 rings (SSSR count). The van der Waals surface area contributed by atoms with Crippen molar-refractivity contribution >= 4 is 17.3 Å². The van der Waals surface area contributed by atoms with E-state index >= 15 is 0 Å². The van der Waals surface area contributed by atoms with Crippen LogP contribution in [0.1, 0.15) is 24.6 Å². The zero-order chi connectivity index (χ0) is 9.84. The molecule has 0 radical (unpaired) electrons. The topological polar surface area (TPSA) is 24.9 Å². The molecule has 0 saturated heterocycles. The van der Waals surface area contributed by atoms with E-state index in [0.29, 0.717) is 5.15 Å². The van der Waals surface area contributed by atoms with Crippen LogP contribution in [0.2, 0.25) is 5.15 Å². The highest BCUT2D eigenvalue weighted by Crippen LogP contribution is 2.24. The molecule has 72 valence electrons. The van der Waals surface area contributed by atoms with Gasteiger partial charge < -0.3 is 5.32 Å². The molecule has 13 heavy (non-hydrogen) atoms. The fraction of sp³-hybridized carbons (Fsp3) is 0.500. The van der Waals surface area contributed by atoms with Crippen LogP contribution in [0.4, 0.5) is 5.69 Å². The van der Waals surface area contributed by atoms with Gasteiger partial charge in [0.25, 0.3) is 0 Å². The van der Waals surface area contributed by atoms with Crippen LogP contribution in [-0.4, -0.2) is 11.5 Å². The Hall–Kier alpha value is -0.760. The summed E-state index contributed by atoms with van der Waals surface area (Å²) in [6.07, 6.45) is 1.09. The summed E-state index contributed by atoms with van der Waals surface area (Å²) in [5, 5.41) is 3.84. The molecule has 0 spiro atoms. The lowest BCUT2D eigenvalue weighted by atomic mass is 10.2. The standard InChI is InChI=1S/C10H15ClN2/c1-4-5-12-9-7(2)6-8(3)13-10(9)11/h6,12H,4-5H2,1-3H3. The summed E-state index contributed by atoms with van der Waals surface area (Å²) in [6, 6.07) is 2.03. The fourth-order valence-corrected chi connectivity index (χ4v) is 1.60. The zero-order valence-electron chi connectivity index (χ0n) is 8.32. The normalized spacial score (nSPS) is 10.2. The second-order valence-corrected chi connectivity index (χ2v) is 3.53. The summed E-state index contributed by atoms with van der Waals surface area (Å²) in [4.78, 5) is 4.19. The van der Waals surface area contributed by atoms with E-state index in [-0.39, 0.29) is 0 Å². The maximum Gasteiger partial charge on any atom is 0.152 e. The lowest BCUT2D eigenvalue weighted by Gasteiger charge is -2.10. The Morgan fingerprint density at radius 3 is 2.69 bits per heavy atom. The molecular weight excluding hydrogens is 184 g/mol. The Labute approximate surface area is 84.3 Å². The van der Waals surface area contributed by atoms with Gasteiger partial charge in [-0.3, -0.25) is 0 Å². The fourth-order valence-electron chi connectivity index (χ4n) is 1.25. The Morgan fingerprint density at radius 2 is 2.15 bits per heavy atom. The van der Waals surface area contributed by atoms with Crippen molar-refractivity contribution in [1.29, 1.82) is 0 Å². The number of nitrogens with one attached hydrogen (secondary N) is 1. The van der Waals surface area contributed by atoms with Crippen molar-refractivity contribution in [2.45, 2.75) is 27.2 Å². The maximum atomic E-state index is 6.00. The van der Waals surface area contributed by atoms with Gasteiger partial charge in [0.2, 0.25) is 0 Å². The number of anilines is 1. The highest BCUT2D eigenvalue weighted by molar-refractivity contribution is 6.32. The number of aryl methyl sites for hydroxylation is 2. The van der Waals surface area contributed by atoms with Crippen molar-refractivity contribution in [3.63, 3.8) is 0 Å². The van der Waals surface area contributed by atoms with Gasteiger partial charge in [-0.25, -0.2) is 4.98 Å². The lowest BCUT2D eigenvalue weighted by molar-refractivity contribution is 0.973. The predicted octanol–water partition coefficient (Wildman–Crippen LogP) is 3.17. The molecule has 0 aliphatic heterocycles. The third-order valence-electron chi connectivity index (χ3n) is 1.85. The van der Waals surface area contributed by atoms with Gasteiger partial charge in [0.05, 0.1) is 5.69 Å². The number of rotatable bonds is 3. The summed E-state index contributed by atoms with van der Waals surface area (Å²) in [5.74, 6) is 0. The van der Waals surface area contributed by atoms with Gasteiger partial charge in [-0.15, -0.1) is 0 Å². The zero-order valence-corrected chi connectivity index (χ0v) is 9.07. The smallest absolute Gasteiger partial charge is 0.152 e. The monoisotopic (exact) mass is 198 g/mol. The predicted molar refractivity (Wildman–Crippen MR) is 57.5 cm³/mol. The second kappa shape index (κ2) is 4.47. The Morgan fingerprint density at radius 1 is 1.46 bits per heavy atom. The van der Waals surface area contributed by atoms with Crippen molar-refractivity contribution in [1.82, 2.24) is 4.98 Å². The van der Waals surface area contributed by atoms with Gasteiger partial charge >= 0.3 is 0 Å². The van der Waals surface area contributed by atoms with Gasteiger partial charge in [0, 0.05) is 12.2 Å². The minimum atomic E-state index is 0.575. The van der Waals surface area contributed by atoms with E-state index in [9.17, 15) is 0 Å². The van der Waals surface area contributed by atoms with Crippen LogP contribution in [0.3, 0.4) is 0 Å². The number of halogens is 1. The van der Waals surface area contributed by atoms with Crippen molar-refractivity contribution < 1.29 is 0 Å². The SMILES string of the molecule is CCCNc1c(C)cc(C)nc1Cl. The number of hydrogen-bond donors (Lipinski definition) is 1. The molecule has 2 nitrogen and oxygen atoms in total. The highest BCUT2D eigenvalue weighted by Gasteiger charge is 2.04. The van der Waals surface area contributed by atoms with Crippen molar-refractivity contribution in [2.24, 2.45) is 0 Å². The van der Waals surface area contributed by atoms with Gasteiger partial charge in [-0.2, -0.15) is 0 Å². The summed E-state index contributed by atoms with van der Waals surface area (Å²) in [6.45, 7) is 7.05. The average Bonchev–Trinajstić information content (AvgIpc) is 2.02. The summed E-state index contributed by atoms with van der Waals surface area (Å²) in [5.41, 5.74) is 3.09. The first-order valence-corrected chi connectivity index (χ1v) is 4.90. The minimum Gasteiger partial charge on any atom is -0.382 e. The highest BCUT2D eigenvalue weighted by atomic mass is 35.5. The van der Waals surface area contributed by atoms with E-state index in [1.54, 1.807) is 0 Å². The molecule has 1 aromatic rings. The van der Waals surface area contributed by atoms with E-state index < -0.39 is 0 Å². The number of pyridine rings is 1. The summed E-state index contributed by atoms with van der Waals surface area (Å²) >= 11 is 6.00. The van der Waals surface area contributed by atoms with Crippen molar-refractivity contribution in [2.75, 3.05) is 11.9 Å². The molecule has 0 bridgehead atoms. The van der Waals surface area contributed by atoms with Gasteiger partial charge in [0.15, 0.2) is 5.15 Å². The maximum absolute atomic E-state index is 6.00. The molecule has 0 aromatic carbocycles. The number of nitrogens with zero attached hydrogens (tertiary/aromatic N) is 1. The molecule has 0 saturated carbocycles. The molecule has 1 N–H and O–H groups in total. The molecule has 1 heterocycles. The van der Waals surface area contributed by atoms with E-state index in [2.05, 4.69) is 17.2 Å². The molecule has 0 atom stereocenters. The van der Waals surface area contributed by atoms with Gasteiger partial charge in [0.1, 0.15) is 0 Å². The van der Waals surface area contributed by atoms with Crippen LogP contribution < -0.4 is 5.32 Å². The lowest BCUT2D eigenvalue weighted by Crippen LogP contribution is -2.03. The summed E-state index contributed by atoms with van der Waals surface area (Å²) in [7, 11) is 0. The van der Waals surface area contributed by atoms with Crippen LogP contribution in [-0.2, 0) is 0 Å². The largest absolute Gasteiger partial charge is 0.382 e. The van der Waals surface area contributed by atoms with E-state index in [1.165, 1.54) is 0 Å². The van der Waals surface area contributed by atoms with Crippen LogP contribution in [0.5, 0.6) is 0 Å². The summed E-state index contributed by atoms with van der Waals surface area (Å²) < 4.78 is 0. The molecule has 0 fully saturated rings. The van der Waals surface area contributed by atoms with Crippen molar-refractivity contribution in [3.8, 4) is 0 Å². The molecule has 0 aliphatic rings. The number of hydrogen-bond acceptors (Lipinski definition) is 2. The Balaban J connectivity index is 2.92. The molecule has 3 heteroatoms. The van der Waals surface area contributed by atoms with E-state index in [1.807, 2.05) is 19.9 Å². The van der Waals surface area contributed by atoms with E-state index in [0.717, 1.165) is 29.9 Å². The molecule has 0 amide bonds. The molecule has 0 unspecified atom stereocenters. The first-order valence-electron chi connectivity index (χ1n) is 4.52. The van der Waals surface area contributed by atoms with E-state index in [4.69, 9.17) is 11.6 Å². The molecular formula is C10H15ClN2. The third-order valence-corrected chi connectivity index (χ3v) is 2.13. The molecule has 1 aromatic heterocycles. The third kappa shape index (κ3) is 2.59. The van der Waals surface area contributed by atoms with Crippen LogP contribution in [0, 0.1) is 13.8 Å². The first-order chi connectivity index (χ1) is 6.15. The van der Waals surface area contributed by atoms with Crippen LogP contribution in [0.15, 0.2) is 6.07 Å².